The van der Waals surface area contributed by atoms with Gasteiger partial charge in [0.2, 0.25) is 17.7 Å². The summed E-state index contributed by atoms with van der Waals surface area (Å²) in [5.41, 5.74) is 1.19. The smallest absolute Gasteiger partial charge is 0.232 e. The van der Waals surface area contributed by atoms with Crippen molar-refractivity contribution in [3.05, 3.63) is 30.3 Å². The van der Waals surface area contributed by atoms with E-state index in [0.717, 1.165) is 31.9 Å². The Balaban J connectivity index is 1.68. The standard InChI is InChI=1S/C17H22N4O3/c1-22-14-6-4-13(5-7-14)20-8-10-21(11-9-20)17-18-15(23-2)12-16(19-17)24-3/h4-7,12H,8-11H2,1-3H3. The van der Waals surface area contributed by atoms with Crippen molar-refractivity contribution in [1.82, 2.24) is 9.97 Å². The lowest BCUT2D eigenvalue weighted by Crippen LogP contribution is -2.47. The molecule has 2 aromatic rings. The minimum Gasteiger partial charge on any atom is -0.497 e. The highest BCUT2D eigenvalue weighted by Gasteiger charge is 2.20. The molecule has 128 valence electrons. The second kappa shape index (κ2) is 7.25. The summed E-state index contributed by atoms with van der Waals surface area (Å²) >= 11 is 0. The molecule has 0 bridgehead atoms. The first-order chi connectivity index (χ1) is 11.7. The summed E-state index contributed by atoms with van der Waals surface area (Å²) in [5, 5.41) is 0. The predicted octanol–water partition coefficient (Wildman–Crippen LogP) is 1.83. The molecular weight excluding hydrogens is 308 g/mol. The molecule has 0 radical (unpaired) electrons. The third kappa shape index (κ3) is 3.45. The first-order valence-electron chi connectivity index (χ1n) is 7.84. The largest absolute Gasteiger partial charge is 0.497 e. The third-order valence-electron chi connectivity index (χ3n) is 4.09. The average molecular weight is 330 g/mol. The summed E-state index contributed by atoms with van der Waals surface area (Å²) in [4.78, 5) is 13.3. The van der Waals surface area contributed by atoms with Crippen molar-refractivity contribution < 1.29 is 14.2 Å². The number of rotatable bonds is 5. The lowest BCUT2D eigenvalue weighted by atomic mass is 10.2. The second-order valence-corrected chi connectivity index (χ2v) is 5.42. The molecule has 1 aromatic carbocycles. The number of anilines is 2. The van der Waals surface area contributed by atoms with E-state index in [4.69, 9.17) is 14.2 Å². The molecule has 0 spiro atoms. The number of nitrogens with zero attached hydrogens (tertiary/aromatic N) is 4. The van der Waals surface area contributed by atoms with Gasteiger partial charge < -0.3 is 24.0 Å². The van der Waals surface area contributed by atoms with Gasteiger partial charge in [-0.2, -0.15) is 9.97 Å². The van der Waals surface area contributed by atoms with Crippen molar-refractivity contribution in [2.45, 2.75) is 0 Å². The van der Waals surface area contributed by atoms with Gasteiger partial charge in [0.15, 0.2) is 0 Å². The summed E-state index contributed by atoms with van der Waals surface area (Å²) in [7, 11) is 4.86. The van der Waals surface area contributed by atoms with Crippen LogP contribution in [0.1, 0.15) is 0 Å². The summed E-state index contributed by atoms with van der Waals surface area (Å²) in [6, 6.07) is 9.81. The van der Waals surface area contributed by atoms with E-state index in [1.165, 1.54) is 5.69 Å². The van der Waals surface area contributed by atoms with Gasteiger partial charge in [0, 0.05) is 31.9 Å². The predicted molar refractivity (Wildman–Crippen MR) is 92.6 cm³/mol. The molecular formula is C17H22N4O3. The maximum Gasteiger partial charge on any atom is 0.232 e. The van der Waals surface area contributed by atoms with E-state index in [-0.39, 0.29) is 0 Å². The number of hydrogen-bond donors (Lipinski definition) is 0. The van der Waals surface area contributed by atoms with Crippen LogP contribution in [-0.2, 0) is 0 Å². The average Bonchev–Trinajstić information content (AvgIpc) is 2.67. The number of piperazine rings is 1. The molecule has 0 atom stereocenters. The highest BCUT2D eigenvalue weighted by Crippen LogP contribution is 2.24. The van der Waals surface area contributed by atoms with Gasteiger partial charge in [-0.05, 0) is 24.3 Å². The lowest BCUT2D eigenvalue weighted by molar-refractivity contribution is 0.371. The molecule has 3 rings (SSSR count). The fourth-order valence-corrected chi connectivity index (χ4v) is 2.70. The highest BCUT2D eigenvalue weighted by molar-refractivity contribution is 5.51. The second-order valence-electron chi connectivity index (χ2n) is 5.42. The van der Waals surface area contributed by atoms with Crippen LogP contribution >= 0.6 is 0 Å². The number of methoxy groups -OCH3 is 3. The van der Waals surface area contributed by atoms with Crippen LogP contribution in [0.25, 0.3) is 0 Å². The SMILES string of the molecule is COc1ccc(N2CCN(c3nc(OC)cc(OC)n3)CC2)cc1. The molecule has 2 heterocycles. The van der Waals surface area contributed by atoms with Crippen LogP contribution in [0.5, 0.6) is 17.5 Å². The van der Waals surface area contributed by atoms with Crippen LogP contribution in [0.4, 0.5) is 11.6 Å². The van der Waals surface area contributed by atoms with E-state index >= 15 is 0 Å². The number of ether oxygens (including phenoxy) is 3. The van der Waals surface area contributed by atoms with E-state index < -0.39 is 0 Å². The zero-order valence-electron chi connectivity index (χ0n) is 14.2. The summed E-state index contributed by atoms with van der Waals surface area (Å²) in [5.74, 6) is 2.53. The quantitative estimate of drug-likeness (QED) is 0.829. The van der Waals surface area contributed by atoms with Crippen LogP contribution in [-0.4, -0.2) is 57.5 Å². The minimum atomic E-state index is 0.509. The summed E-state index contributed by atoms with van der Waals surface area (Å²) in [6.07, 6.45) is 0. The summed E-state index contributed by atoms with van der Waals surface area (Å²) < 4.78 is 15.6. The lowest BCUT2D eigenvalue weighted by Gasteiger charge is -2.36. The Morgan fingerprint density at radius 2 is 1.29 bits per heavy atom. The van der Waals surface area contributed by atoms with Gasteiger partial charge in [-0.1, -0.05) is 0 Å². The van der Waals surface area contributed by atoms with Gasteiger partial charge in [-0.3, -0.25) is 0 Å². The maximum atomic E-state index is 5.22. The van der Waals surface area contributed by atoms with Gasteiger partial charge in [-0.15, -0.1) is 0 Å². The molecule has 7 heteroatoms. The Morgan fingerprint density at radius 3 is 1.79 bits per heavy atom. The topological polar surface area (TPSA) is 60.0 Å². The maximum absolute atomic E-state index is 5.22. The van der Waals surface area contributed by atoms with Gasteiger partial charge >= 0.3 is 0 Å². The Kier molecular flexibility index (Phi) is 4.88. The molecule has 0 N–H and O–H groups in total. The van der Waals surface area contributed by atoms with E-state index in [9.17, 15) is 0 Å². The molecule has 0 unspecified atom stereocenters. The summed E-state index contributed by atoms with van der Waals surface area (Å²) in [6.45, 7) is 3.47. The zero-order valence-corrected chi connectivity index (χ0v) is 14.2. The fraction of sp³-hybridized carbons (Fsp3) is 0.412. The molecule has 1 saturated heterocycles. The van der Waals surface area contributed by atoms with Crippen LogP contribution in [0.2, 0.25) is 0 Å². The van der Waals surface area contributed by atoms with Gasteiger partial charge in [0.1, 0.15) is 5.75 Å². The molecule has 0 aliphatic carbocycles. The van der Waals surface area contributed by atoms with Crippen molar-refractivity contribution in [2.24, 2.45) is 0 Å². The first kappa shape index (κ1) is 16.2. The normalized spacial score (nSPS) is 14.5. The van der Waals surface area contributed by atoms with E-state index in [1.807, 2.05) is 12.1 Å². The fourth-order valence-electron chi connectivity index (χ4n) is 2.70. The Labute approximate surface area is 141 Å². The molecule has 0 saturated carbocycles. The van der Waals surface area contributed by atoms with Crippen molar-refractivity contribution in [2.75, 3.05) is 57.3 Å². The number of aromatic nitrogens is 2. The molecule has 1 aromatic heterocycles. The molecule has 1 aliphatic rings. The Morgan fingerprint density at radius 1 is 0.750 bits per heavy atom. The van der Waals surface area contributed by atoms with E-state index in [0.29, 0.717) is 17.7 Å². The van der Waals surface area contributed by atoms with Gasteiger partial charge in [0.05, 0.1) is 27.4 Å². The number of benzene rings is 1. The van der Waals surface area contributed by atoms with Crippen LogP contribution in [0, 0.1) is 0 Å². The highest BCUT2D eigenvalue weighted by atomic mass is 16.5. The first-order valence-corrected chi connectivity index (χ1v) is 7.84. The van der Waals surface area contributed by atoms with Crippen LogP contribution in [0.3, 0.4) is 0 Å². The van der Waals surface area contributed by atoms with E-state index in [2.05, 4.69) is 31.9 Å². The molecule has 0 amide bonds. The monoisotopic (exact) mass is 330 g/mol. The minimum absolute atomic E-state index is 0.509. The Bertz CT molecular complexity index is 648. The third-order valence-corrected chi connectivity index (χ3v) is 4.09. The molecule has 1 aliphatic heterocycles. The van der Waals surface area contributed by atoms with Gasteiger partial charge in [-0.25, -0.2) is 0 Å². The van der Waals surface area contributed by atoms with Crippen molar-refractivity contribution in [1.29, 1.82) is 0 Å². The van der Waals surface area contributed by atoms with Gasteiger partial charge in [0.25, 0.3) is 0 Å². The molecule has 7 nitrogen and oxygen atoms in total. The number of hydrogen-bond acceptors (Lipinski definition) is 7. The van der Waals surface area contributed by atoms with E-state index in [1.54, 1.807) is 27.4 Å². The zero-order chi connectivity index (χ0) is 16.9. The van der Waals surface area contributed by atoms with Crippen LogP contribution < -0.4 is 24.0 Å². The molecule has 1 fully saturated rings. The van der Waals surface area contributed by atoms with Crippen molar-refractivity contribution >= 4 is 11.6 Å². The van der Waals surface area contributed by atoms with Crippen molar-refractivity contribution in [3.8, 4) is 17.5 Å². The van der Waals surface area contributed by atoms with Crippen molar-refractivity contribution in [3.63, 3.8) is 0 Å². The Hall–Kier alpha value is -2.70. The van der Waals surface area contributed by atoms with Crippen LogP contribution in [0.15, 0.2) is 30.3 Å². The molecule has 24 heavy (non-hydrogen) atoms.